The number of aromatic nitrogens is 1. The Hall–Kier alpha value is -3.62. The number of anilines is 1. The Morgan fingerprint density at radius 3 is 2.83 bits per heavy atom. The van der Waals surface area contributed by atoms with Crippen molar-refractivity contribution < 1.29 is 23.8 Å². The van der Waals surface area contributed by atoms with Crippen LogP contribution >= 0.6 is 0 Å². The molecule has 1 unspecified atom stereocenters. The van der Waals surface area contributed by atoms with Crippen LogP contribution in [0.5, 0.6) is 5.88 Å². The van der Waals surface area contributed by atoms with Gasteiger partial charge in [-0.15, -0.1) is 0 Å². The summed E-state index contributed by atoms with van der Waals surface area (Å²) in [6.45, 7) is 0.712. The summed E-state index contributed by atoms with van der Waals surface area (Å²) in [4.78, 5) is 19.1. The van der Waals surface area contributed by atoms with Crippen LogP contribution in [0.3, 0.4) is 0 Å². The van der Waals surface area contributed by atoms with Gasteiger partial charge in [-0.3, -0.25) is 4.99 Å². The molecule has 9 heteroatoms. The van der Waals surface area contributed by atoms with E-state index in [-0.39, 0.29) is 17.6 Å². The maximum Gasteiger partial charge on any atom is 0.407 e. The molecule has 4 rings (SSSR count). The van der Waals surface area contributed by atoms with E-state index in [2.05, 4.69) is 15.3 Å². The minimum absolute atomic E-state index is 0.154. The topological polar surface area (TPSA) is 101 Å². The Morgan fingerprint density at radius 1 is 1.28 bits per heavy atom. The normalized spacial score (nSPS) is 16.8. The van der Waals surface area contributed by atoms with Crippen LogP contribution in [0.2, 0.25) is 0 Å². The Kier molecular flexibility index (Phi) is 4.79. The number of aromatic hydroxyl groups is 1. The molecule has 1 fully saturated rings. The van der Waals surface area contributed by atoms with E-state index in [9.17, 15) is 18.7 Å². The summed E-state index contributed by atoms with van der Waals surface area (Å²) in [6, 6.07) is 8.31. The van der Waals surface area contributed by atoms with Gasteiger partial charge in [-0.1, -0.05) is 0 Å². The highest BCUT2D eigenvalue weighted by Crippen LogP contribution is 2.28. The maximum absolute atomic E-state index is 14.4. The van der Waals surface area contributed by atoms with Gasteiger partial charge in [0.15, 0.2) is 5.88 Å². The molecule has 2 heterocycles. The SMILES string of the molecule is O=C(O)N1CCC(Nc2ccc(N=Cc3c(O)[nH]c4cc(F)ccc34)cc2F)C1. The Labute approximate surface area is 164 Å². The largest absolute Gasteiger partial charge is 0.494 e. The van der Waals surface area contributed by atoms with Gasteiger partial charge in [0.2, 0.25) is 0 Å². The fourth-order valence-corrected chi connectivity index (χ4v) is 3.42. The molecule has 0 saturated carbocycles. The highest BCUT2D eigenvalue weighted by Gasteiger charge is 2.26. The number of aliphatic imine (C=N–C) groups is 1. The number of halogens is 2. The number of benzene rings is 2. The van der Waals surface area contributed by atoms with Gasteiger partial charge in [0, 0.05) is 36.8 Å². The monoisotopic (exact) mass is 400 g/mol. The number of H-pyrrole nitrogens is 1. The van der Waals surface area contributed by atoms with Crippen molar-refractivity contribution >= 4 is 34.6 Å². The summed E-state index contributed by atoms with van der Waals surface area (Å²) in [5.41, 5.74) is 1.41. The number of nitrogens with one attached hydrogen (secondary N) is 2. The molecular formula is C20H18F2N4O3. The van der Waals surface area contributed by atoms with E-state index >= 15 is 0 Å². The molecule has 0 radical (unpaired) electrons. The van der Waals surface area contributed by atoms with E-state index in [0.29, 0.717) is 41.7 Å². The summed E-state index contributed by atoms with van der Waals surface area (Å²) >= 11 is 0. The van der Waals surface area contributed by atoms with Crippen molar-refractivity contribution in [2.24, 2.45) is 4.99 Å². The quantitative estimate of drug-likeness (QED) is 0.496. The third-order valence-corrected chi connectivity index (χ3v) is 4.89. The van der Waals surface area contributed by atoms with Crippen molar-refractivity contribution in [3.63, 3.8) is 0 Å². The van der Waals surface area contributed by atoms with Gasteiger partial charge in [-0.05, 0) is 36.8 Å². The Bertz CT molecular complexity index is 1110. The van der Waals surface area contributed by atoms with Crippen molar-refractivity contribution in [2.45, 2.75) is 12.5 Å². The number of hydrogen-bond acceptors (Lipinski definition) is 4. The molecule has 1 aliphatic rings. The zero-order valence-electron chi connectivity index (χ0n) is 15.2. The third kappa shape index (κ3) is 3.84. The molecule has 1 saturated heterocycles. The number of amides is 1. The van der Waals surface area contributed by atoms with Gasteiger partial charge in [0.1, 0.15) is 11.6 Å². The zero-order valence-corrected chi connectivity index (χ0v) is 15.2. The summed E-state index contributed by atoms with van der Waals surface area (Å²) < 4.78 is 27.7. The lowest BCUT2D eigenvalue weighted by Crippen LogP contribution is -2.30. The fourth-order valence-electron chi connectivity index (χ4n) is 3.42. The van der Waals surface area contributed by atoms with Crippen LogP contribution in [0.15, 0.2) is 41.4 Å². The average Bonchev–Trinajstić information content (AvgIpc) is 3.26. The smallest absolute Gasteiger partial charge is 0.407 e. The Balaban J connectivity index is 1.50. The molecule has 1 amide bonds. The molecule has 0 bridgehead atoms. The number of fused-ring (bicyclic) bond motifs is 1. The second kappa shape index (κ2) is 7.42. The molecule has 1 aliphatic heterocycles. The van der Waals surface area contributed by atoms with Crippen molar-refractivity contribution in [1.29, 1.82) is 0 Å². The van der Waals surface area contributed by atoms with Crippen LogP contribution in [0.1, 0.15) is 12.0 Å². The summed E-state index contributed by atoms with van der Waals surface area (Å²) in [6.07, 6.45) is 1.00. The second-order valence-electron chi connectivity index (χ2n) is 6.86. The fraction of sp³-hybridized carbons (Fsp3) is 0.200. The van der Waals surface area contributed by atoms with Gasteiger partial charge < -0.3 is 25.4 Å². The maximum atomic E-state index is 14.4. The number of nitrogens with zero attached hydrogens (tertiary/aromatic N) is 2. The van der Waals surface area contributed by atoms with Crippen LogP contribution in [0.4, 0.5) is 25.0 Å². The summed E-state index contributed by atoms with van der Waals surface area (Å²) in [5.74, 6) is -1.10. The minimum atomic E-state index is -0.984. The van der Waals surface area contributed by atoms with E-state index in [1.54, 1.807) is 6.07 Å². The molecule has 0 spiro atoms. The van der Waals surface area contributed by atoms with Crippen molar-refractivity contribution in [2.75, 3.05) is 18.4 Å². The van der Waals surface area contributed by atoms with Crippen LogP contribution in [0.25, 0.3) is 10.9 Å². The van der Waals surface area contributed by atoms with Crippen molar-refractivity contribution in [1.82, 2.24) is 9.88 Å². The first-order chi connectivity index (χ1) is 13.9. The number of likely N-dealkylation sites (tertiary alicyclic amines) is 1. The lowest BCUT2D eigenvalue weighted by molar-refractivity contribution is 0.155. The van der Waals surface area contributed by atoms with E-state index < -0.39 is 17.7 Å². The number of carboxylic acid groups (broad SMARTS) is 1. The van der Waals surface area contributed by atoms with E-state index in [1.807, 2.05) is 0 Å². The summed E-state index contributed by atoms with van der Waals surface area (Å²) in [7, 11) is 0. The molecule has 0 aliphatic carbocycles. The van der Waals surface area contributed by atoms with E-state index in [1.165, 1.54) is 41.4 Å². The minimum Gasteiger partial charge on any atom is -0.494 e. The zero-order chi connectivity index (χ0) is 20.5. The molecular weight excluding hydrogens is 382 g/mol. The Morgan fingerprint density at radius 2 is 2.10 bits per heavy atom. The molecule has 3 aromatic rings. The summed E-state index contributed by atoms with van der Waals surface area (Å²) in [5, 5.41) is 22.6. The van der Waals surface area contributed by atoms with Crippen molar-refractivity contribution in [3.05, 3.63) is 53.6 Å². The predicted molar refractivity (Wildman–Crippen MR) is 105 cm³/mol. The molecule has 150 valence electrons. The third-order valence-electron chi connectivity index (χ3n) is 4.89. The van der Waals surface area contributed by atoms with Gasteiger partial charge in [-0.25, -0.2) is 13.6 Å². The van der Waals surface area contributed by atoms with Gasteiger partial charge in [-0.2, -0.15) is 0 Å². The first-order valence-electron chi connectivity index (χ1n) is 8.99. The van der Waals surface area contributed by atoms with E-state index in [0.717, 1.165) is 0 Å². The number of carbonyl (C=O) groups is 1. The van der Waals surface area contributed by atoms with Crippen LogP contribution in [0, 0.1) is 11.6 Å². The first-order valence-corrected chi connectivity index (χ1v) is 8.99. The molecule has 2 aromatic carbocycles. The second-order valence-corrected chi connectivity index (χ2v) is 6.86. The first kappa shape index (κ1) is 18.7. The molecule has 1 aromatic heterocycles. The predicted octanol–water partition coefficient (Wildman–Crippen LogP) is 4.07. The van der Waals surface area contributed by atoms with E-state index in [4.69, 9.17) is 5.11 Å². The highest BCUT2D eigenvalue weighted by atomic mass is 19.1. The van der Waals surface area contributed by atoms with Gasteiger partial charge in [0.05, 0.1) is 22.5 Å². The lowest BCUT2D eigenvalue weighted by Gasteiger charge is -2.15. The van der Waals surface area contributed by atoms with Crippen LogP contribution in [-0.2, 0) is 0 Å². The van der Waals surface area contributed by atoms with Gasteiger partial charge >= 0.3 is 6.09 Å². The van der Waals surface area contributed by atoms with Crippen LogP contribution < -0.4 is 5.32 Å². The van der Waals surface area contributed by atoms with Crippen LogP contribution in [-0.4, -0.2) is 51.5 Å². The molecule has 1 atom stereocenters. The standard InChI is InChI=1S/C20H18F2N4O3/c21-11-1-3-14-15(19(27)25-18(14)7-11)9-23-12-2-4-17(16(22)8-12)24-13-5-6-26(10-13)20(28)29/h1-4,7-9,13,24-25,27H,5-6,10H2,(H,28,29). The molecule has 4 N–H and O–H groups in total. The molecule has 29 heavy (non-hydrogen) atoms. The highest BCUT2D eigenvalue weighted by molar-refractivity contribution is 6.02. The number of rotatable bonds is 4. The van der Waals surface area contributed by atoms with Crippen molar-refractivity contribution in [3.8, 4) is 5.88 Å². The van der Waals surface area contributed by atoms with Gasteiger partial charge in [0.25, 0.3) is 0 Å². The number of aromatic amines is 1. The molecule has 7 nitrogen and oxygen atoms in total. The number of hydrogen-bond donors (Lipinski definition) is 4. The average molecular weight is 400 g/mol. The lowest BCUT2D eigenvalue weighted by atomic mass is 10.2.